The third-order valence-electron chi connectivity index (χ3n) is 5.75. The zero-order valence-electron chi connectivity index (χ0n) is 20.2. The number of rotatable bonds is 9. The molecule has 1 aromatic heterocycles. The number of halogens is 2. The number of hydrogen-bond donors (Lipinski definition) is 2. The number of carboxylic acids is 1. The van der Waals surface area contributed by atoms with Crippen molar-refractivity contribution in [3.05, 3.63) is 97.6 Å². The highest BCUT2D eigenvalue weighted by Gasteiger charge is 2.20. The normalized spacial score (nSPS) is 11.8. The van der Waals surface area contributed by atoms with Crippen LogP contribution >= 0.6 is 23.2 Å². The van der Waals surface area contributed by atoms with Gasteiger partial charge >= 0.3 is 11.9 Å². The minimum atomic E-state index is -1.14. The molecule has 0 aliphatic rings. The first kappa shape index (κ1) is 27.2. The van der Waals surface area contributed by atoms with E-state index in [1.165, 1.54) is 6.92 Å². The minimum absolute atomic E-state index is 0.0365. The minimum Gasteiger partial charge on any atom is -0.486 e. The number of hydrogen-bond acceptors (Lipinski definition) is 7. The standard InChI is InChI=1S/C28H23Cl2NO7/c1-15(32)36-14-20-24(33)19-9-5-8-18(26(19)38-25(20)17-6-3-2-4-7-17)13-37-27-21(29)10-16(11-22(27)30)12-23(31)28(34)35/h2-11,23H,12-14,31H2,1H3,(H,34,35). The second kappa shape index (κ2) is 11.7. The molecule has 4 rings (SSSR count). The maximum absolute atomic E-state index is 13.5. The fourth-order valence-electron chi connectivity index (χ4n) is 3.91. The van der Waals surface area contributed by atoms with Crippen molar-refractivity contribution in [2.75, 3.05) is 0 Å². The largest absolute Gasteiger partial charge is 0.486 e. The molecule has 0 saturated carbocycles. The molecule has 0 saturated heterocycles. The van der Waals surface area contributed by atoms with Gasteiger partial charge < -0.3 is 24.7 Å². The van der Waals surface area contributed by atoms with Crippen LogP contribution in [0.1, 0.15) is 23.6 Å². The van der Waals surface area contributed by atoms with Crippen LogP contribution in [0.4, 0.5) is 0 Å². The molecule has 8 nitrogen and oxygen atoms in total. The fourth-order valence-corrected chi connectivity index (χ4v) is 4.56. The average molecular weight is 556 g/mol. The van der Waals surface area contributed by atoms with Crippen molar-refractivity contribution >= 4 is 46.1 Å². The summed E-state index contributed by atoms with van der Waals surface area (Å²) >= 11 is 12.8. The predicted molar refractivity (Wildman–Crippen MR) is 143 cm³/mol. The molecule has 3 aromatic carbocycles. The van der Waals surface area contributed by atoms with Crippen LogP contribution in [-0.2, 0) is 34.0 Å². The number of benzene rings is 3. The van der Waals surface area contributed by atoms with E-state index in [1.54, 1.807) is 54.6 Å². The SMILES string of the molecule is CC(=O)OCc1c(-c2ccccc2)oc2c(COc3c(Cl)cc(CC(N)C(=O)O)cc3Cl)cccc2c1=O. The van der Waals surface area contributed by atoms with Gasteiger partial charge in [0.15, 0.2) is 11.2 Å². The zero-order chi connectivity index (χ0) is 27.4. The van der Waals surface area contributed by atoms with Crippen molar-refractivity contribution in [2.45, 2.75) is 32.6 Å². The number of carbonyl (C=O) groups is 2. The Balaban J connectivity index is 1.71. The lowest BCUT2D eigenvalue weighted by Gasteiger charge is -2.15. The van der Waals surface area contributed by atoms with Gasteiger partial charge in [-0.15, -0.1) is 0 Å². The van der Waals surface area contributed by atoms with Crippen LogP contribution in [0.5, 0.6) is 5.75 Å². The van der Waals surface area contributed by atoms with E-state index in [0.717, 1.165) is 0 Å². The lowest BCUT2D eigenvalue weighted by atomic mass is 10.0. The van der Waals surface area contributed by atoms with Gasteiger partial charge in [0.1, 0.15) is 30.6 Å². The molecule has 3 N–H and O–H groups in total. The molecule has 0 aliphatic heterocycles. The monoisotopic (exact) mass is 555 g/mol. The molecule has 0 fully saturated rings. The third kappa shape index (κ3) is 5.99. The molecule has 0 aliphatic carbocycles. The first-order valence-corrected chi connectivity index (χ1v) is 12.3. The topological polar surface area (TPSA) is 129 Å². The fraction of sp³-hybridized carbons (Fsp3) is 0.179. The van der Waals surface area contributed by atoms with Gasteiger partial charge in [0.25, 0.3) is 0 Å². The Morgan fingerprint density at radius 1 is 1.03 bits per heavy atom. The number of aliphatic carboxylic acids is 1. The van der Waals surface area contributed by atoms with Crippen molar-refractivity contribution in [1.82, 2.24) is 0 Å². The number of carboxylic acid groups (broad SMARTS) is 1. The Morgan fingerprint density at radius 2 is 1.71 bits per heavy atom. The Labute approximate surface area is 227 Å². The second-order valence-electron chi connectivity index (χ2n) is 8.51. The number of para-hydroxylation sites is 1. The first-order chi connectivity index (χ1) is 18.2. The van der Waals surface area contributed by atoms with Gasteiger partial charge in [-0.1, -0.05) is 65.7 Å². The molecule has 4 aromatic rings. The van der Waals surface area contributed by atoms with E-state index in [9.17, 15) is 14.4 Å². The number of carbonyl (C=O) groups excluding carboxylic acids is 1. The van der Waals surface area contributed by atoms with E-state index in [-0.39, 0.29) is 52.2 Å². The van der Waals surface area contributed by atoms with Crippen LogP contribution in [-0.4, -0.2) is 23.1 Å². The van der Waals surface area contributed by atoms with Crippen LogP contribution in [0.2, 0.25) is 10.0 Å². The van der Waals surface area contributed by atoms with E-state index < -0.39 is 18.0 Å². The van der Waals surface area contributed by atoms with Crippen LogP contribution in [0.25, 0.3) is 22.3 Å². The molecule has 38 heavy (non-hydrogen) atoms. The van der Waals surface area contributed by atoms with Crippen LogP contribution in [0.15, 0.2) is 69.9 Å². The molecule has 0 radical (unpaired) electrons. The van der Waals surface area contributed by atoms with Crippen molar-refractivity contribution < 1.29 is 28.6 Å². The van der Waals surface area contributed by atoms with Crippen LogP contribution in [0, 0.1) is 0 Å². The summed E-state index contributed by atoms with van der Waals surface area (Å²) in [5.74, 6) is -1.18. The third-order valence-corrected chi connectivity index (χ3v) is 6.31. The summed E-state index contributed by atoms with van der Waals surface area (Å²) in [4.78, 5) is 36.0. The summed E-state index contributed by atoms with van der Waals surface area (Å²) in [5.41, 5.74) is 7.55. The molecule has 1 heterocycles. The van der Waals surface area contributed by atoms with Gasteiger partial charge in [0.05, 0.1) is 21.0 Å². The summed E-state index contributed by atoms with van der Waals surface area (Å²) in [7, 11) is 0. The van der Waals surface area contributed by atoms with Crippen LogP contribution in [0.3, 0.4) is 0 Å². The molecule has 196 valence electrons. The number of ether oxygens (including phenoxy) is 2. The van der Waals surface area contributed by atoms with E-state index in [1.807, 2.05) is 6.07 Å². The molecule has 10 heteroatoms. The molecular weight excluding hydrogens is 533 g/mol. The molecule has 0 bridgehead atoms. The highest BCUT2D eigenvalue weighted by molar-refractivity contribution is 6.37. The molecular formula is C28H23Cl2NO7. The summed E-state index contributed by atoms with van der Waals surface area (Å²) in [6, 6.07) is 16.1. The molecule has 1 atom stereocenters. The quantitative estimate of drug-likeness (QED) is 0.264. The van der Waals surface area contributed by atoms with Gasteiger partial charge in [0, 0.05) is 18.1 Å². The van der Waals surface area contributed by atoms with Crippen molar-refractivity contribution in [3.63, 3.8) is 0 Å². The highest BCUT2D eigenvalue weighted by atomic mass is 35.5. The molecule has 0 amide bonds. The Hall–Kier alpha value is -3.85. The average Bonchev–Trinajstić information content (AvgIpc) is 2.88. The Bertz CT molecular complexity index is 1540. The Morgan fingerprint density at radius 3 is 2.34 bits per heavy atom. The number of nitrogens with two attached hydrogens (primary N) is 1. The van der Waals surface area contributed by atoms with Gasteiger partial charge in [0.2, 0.25) is 0 Å². The van der Waals surface area contributed by atoms with E-state index in [2.05, 4.69) is 0 Å². The summed E-state index contributed by atoms with van der Waals surface area (Å²) in [5, 5.41) is 9.70. The van der Waals surface area contributed by atoms with Gasteiger partial charge in [-0.2, -0.15) is 0 Å². The summed E-state index contributed by atoms with van der Waals surface area (Å²) < 4.78 is 17.3. The second-order valence-corrected chi connectivity index (χ2v) is 9.32. The van der Waals surface area contributed by atoms with Gasteiger partial charge in [-0.05, 0) is 30.2 Å². The maximum Gasteiger partial charge on any atom is 0.320 e. The molecule has 0 spiro atoms. The van der Waals surface area contributed by atoms with Crippen molar-refractivity contribution in [1.29, 1.82) is 0 Å². The summed E-state index contributed by atoms with van der Waals surface area (Å²) in [6.07, 6.45) is 0.0431. The smallest absolute Gasteiger partial charge is 0.320 e. The Kier molecular flexibility index (Phi) is 8.36. The van der Waals surface area contributed by atoms with Gasteiger partial charge in [-0.3, -0.25) is 14.4 Å². The first-order valence-electron chi connectivity index (χ1n) is 11.5. The van der Waals surface area contributed by atoms with Crippen molar-refractivity contribution in [2.24, 2.45) is 5.73 Å². The lowest BCUT2D eigenvalue weighted by Crippen LogP contribution is -2.32. The zero-order valence-corrected chi connectivity index (χ0v) is 21.7. The van der Waals surface area contributed by atoms with Gasteiger partial charge in [-0.25, -0.2) is 0 Å². The van der Waals surface area contributed by atoms with E-state index >= 15 is 0 Å². The number of esters is 1. The maximum atomic E-state index is 13.5. The predicted octanol–water partition coefficient (Wildman–Crippen LogP) is 5.36. The van der Waals surface area contributed by atoms with Crippen molar-refractivity contribution in [3.8, 4) is 17.1 Å². The summed E-state index contributed by atoms with van der Waals surface area (Å²) in [6.45, 7) is 0.997. The number of fused-ring (bicyclic) bond motifs is 1. The van der Waals surface area contributed by atoms with Crippen LogP contribution < -0.4 is 15.9 Å². The molecule has 1 unspecified atom stereocenters. The van der Waals surface area contributed by atoms with E-state index in [0.29, 0.717) is 27.7 Å². The highest BCUT2D eigenvalue weighted by Crippen LogP contribution is 2.36. The van der Waals surface area contributed by atoms with E-state index in [4.69, 9.17) is 47.9 Å². The lowest BCUT2D eigenvalue weighted by molar-refractivity contribution is -0.142.